The van der Waals surface area contributed by atoms with Gasteiger partial charge in [0.15, 0.2) is 6.61 Å². The highest BCUT2D eigenvalue weighted by atomic mass is 35.5. The average Bonchev–Trinajstić information content (AvgIpc) is 2.69. The minimum atomic E-state index is -3.55. The van der Waals surface area contributed by atoms with Gasteiger partial charge >= 0.3 is 0 Å². The van der Waals surface area contributed by atoms with E-state index >= 15 is 0 Å². The molecule has 150 valence electrons. The number of ether oxygens (including phenoxy) is 1. The van der Waals surface area contributed by atoms with Crippen molar-refractivity contribution < 1.29 is 17.9 Å². The molecular weight excluding hydrogens is 400 g/mol. The van der Waals surface area contributed by atoms with Crippen molar-refractivity contribution in [1.82, 2.24) is 4.31 Å². The van der Waals surface area contributed by atoms with Crippen LogP contribution >= 0.6 is 11.6 Å². The van der Waals surface area contributed by atoms with Crippen LogP contribution in [0.15, 0.2) is 47.4 Å². The minimum absolute atomic E-state index is 0.176. The lowest BCUT2D eigenvalue weighted by molar-refractivity contribution is -0.118. The van der Waals surface area contributed by atoms with E-state index in [2.05, 4.69) is 5.32 Å². The van der Waals surface area contributed by atoms with Gasteiger partial charge in [-0.25, -0.2) is 8.42 Å². The molecule has 0 atom stereocenters. The third-order valence-electron chi connectivity index (χ3n) is 4.52. The van der Waals surface area contributed by atoms with E-state index in [1.165, 1.54) is 10.4 Å². The number of halogens is 1. The molecule has 0 aromatic heterocycles. The number of piperidine rings is 1. The topological polar surface area (TPSA) is 75.7 Å². The highest BCUT2D eigenvalue weighted by Gasteiger charge is 2.26. The summed E-state index contributed by atoms with van der Waals surface area (Å²) in [6, 6.07) is 11.6. The summed E-state index contributed by atoms with van der Waals surface area (Å²) in [6.07, 6.45) is 2.79. The molecule has 0 saturated carbocycles. The first-order chi connectivity index (χ1) is 13.4. The van der Waals surface area contributed by atoms with Crippen LogP contribution in [0.2, 0.25) is 5.02 Å². The molecular formula is C20H23ClN2O4S. The van der Waals surface area contributed by atoms with E-state index in [1.807, 2.05) is 13.0 Å². The lowest BCUT2D eigenvalue weighted by Crippen LogP contribution is -2.35. The van der Waals surface area contributed by atoms with Gasteiger partial charge in [-0.05, 0) is 55.7 Å². The Morgan fingerprint density at radius 2 is 1.89 bits per heavy atom. The Bertz CT molecular complexity index is 956. The predicted molar refractivity (Wildman–Crippen MR) is 109 cm³/mol. The number of nitrogens with zero attached hydrogens (tertiary/aromatic N) is 1. The molecule has 0 bridgehead atoms. The van der Waals surface area contributed by atoms with E-state index in [0.717, 1.165) is 24.8 Å². The Labute approximate surface area is 170 Å². The van der Waals surface area contributed by atoms with Crippen molar-refractivity contribution >= 4 is 33.2 Å². The van der Waals surface area contributed by atoms with Crippen molar-refractivity contribution in [3.05, 3.63) is 53.1 Å². The molecule has 1 N–H and O–H groups in total. The summed E-state index contributed by atoms with van der Waals surface area (Å²) >= 11 is 6.06. The summed E-state index contributed by atoms with van der Waals surface area (Å²) < 4.78 is 32.5. The highest BCUT2D eigenvalue weighted by molar-refractivity contribution is 7.89. The molecule has 1 fully saturated rings. The zero-order chi connectivity index (χ0) is 20.1. The maximum atomic E-state index is 12.8. The van der Waals surface area contributed by atoms with Crippen molar-refractivity contribution in [2.24, 2.45) is 0 Å². The number of nitrogens with one attached hydrogen (secondary N) is 1. The van der Waals surface area contributed by atoms with Gasteiger partial charge < -0.3 is 10.1 Å². The van der Waals surface area contributed by atoms with E-state index in [0.29, 0.717) is 29.5 Å². The van der Waals surface area contributed by atoms with Crippen molar-refractivity contribution in [3.8, 4) is 5.75 Å². The number of hydrogen-bond acceptors (Lipinski definition) is 4. The number of carbonyl (C=O) groups is 1. The third kappa shape index (κ3) is 5.04. The van der Waals surface area contributed by atoms with Crippen LogP contribution in [0.4, 0.5) is 5.69 Å². The number of anilines is 1. The zero-order valence-electron chi connectivity index (χ0n) is 15.7. The first kappa shape index (κ1) is 20.6. The Morgan fingerprint density at radius 1 is 1.14 bits per heavy atom. The maximum absolute atomic E-state index is 12.8. The molecule has 2 aromatic rings. The van der Waals surface area contributed by atoms with Gasteiger partial charge in [-0.15, -0.1) is 0 Å². The molecule has 1 aliphatic rings. The first-order valence-electron chi connectivity index (χ1n) is 9.15. The summed E-state index contributed by atoms with van der Waals surface area (Å²) in [7, 11) is -3.55. The number of hydrogen-bond donors (Lipinski definition) is 1. The van der Waals surface area contributed by atoms with Crippen LogP contribution in [0.25, 0.3) is 0 Å². The van der Waals surface area contributed by atoms with Gasteiger partial charge in [0.25, 0.3) is 5.91 Å². The van der Waals surface area contributed by atoms with Crippen molar-refractivity contribution in [1.29, 1.82) is 0 Å². The molecule has 6 nitrogen and oxygen atoms in total. The van der Waals surface area contributed by atoms with Gasteiger partial charge in [0.2, 0.25) is 10.0 Å². The lowest BCUT2D eigenvalue weighted by atomic mass is 10.2. The van der Waals surface area contributed by atoms with E-state index in [1.54, 1.807) is 30.3 Å². The van der Waals surface area contributed by atoms with Crippen LogP contribution in [0.3, 0.4) is 0 Å². The van der Waals surface area contributed by atoms with Gasteiger partial charge in [-0.1, -0.05) is 30.2 Å². The number of aryl methyl sites for hydroxylation is 1. The van der Waals surface area contributed by atoms with E-state index in [4.69, 9.17) is 16.3 Å². The van der Waals surface area contributed by atoms with Crippen LogP contribution in [0.1, 0.15) is 24.8 Å². The standard InChI is InChI=1S/C20H23ClN2O4S/c1-15-8-9-18(21)19(12-15)27-14-20(24)22-16-6-5-7-17(13-16)28(25,26)23-10-3-2-4-11-23/h5-9,12-13H,2-4,10-11,14H2,1H3,(H,22,24). The van der Waals surface area contributed by atoms with Crippen LogP contribution in [-0.2, 0) is 14.8 Å². The average molecular weight is 423 g/mol. The van der Waals surface area contributed by atoms with Crippen LogP contribution < -0.4 is 10.1 Å². The quantitative estimate of drug-likeness (QED) is 0.767. The second-order valence-corrected chi connectivity index (χ2v) is 9.11. The molecule has 1 heterocycles. The fourth-order valence-electron chi connectivity index (χ4n) is 3.05. The fourth-order valence-corrected chi connectivity index (χ4v) is 4.79. The molecule has 28 heavy (non-hydrogen) atoms. The SMILES string of the molecule is Cc1ccc(Cl)c(OCC(=O)Nc2cccc(S(=O)(=O)N3CCCCC3)c2)c1. The smallest absolute Gasteiger partial charge is 0.262 e. The number of amides is 1. The van der Waals surface area contributed by atoms with Crippen molar-refractivity contribution in [2.75, 3.05) is 25.0 Å². The molecule has 0 spiro atoms. The second kappa shape index (κ2) is 8.94. The molecule has 3 rings (SSSR count). The summed E-state index contributed by atoms with van der Waals surface area (Å²) in [4.78, 5) is 12.4. The summed E-state index contributed by atoms with van der Waals surface area (Å²) in [5, 5.41) is 3.10. The monoisotopic (exact) mass is 422 g/mol. The summed E-state index contributed by atoms with van der Waals surface area (Å²) in [5.74, 6) is 0.0309. The Morgan fingerprint density at radius 3 is 2.64 bits per heavy atom. The molecule has 0 aliphatic carbocycles. The van der Waals surface area contributed by atoms with E-state index in [-0.39, 0.29) is 11.5 Å². The predicted octanol–water partition coefficient (Wildman–Crippen LogP) is 3.84. The molecule has 1 amide bonds. The fraction of sp³-hybridized carbons (Fsp3) is 0.350. The minimum Gasteiger partial charge on any atom is -0.482 e. The molecule has 0 radical (unpaired) electrons. The second-order valence-electron chi connectivity index (χ2n) is 6.76. The molecule has 1 saturated heterocycles. The molecule has 1 aliphatic heterocycles. The van der Waals surface area contributed by atoms with Gasteiger partial charge in [-0.2, -0.15) is 4.31 Å². The Balaban J connectivity index is 1.65. The number of rotatable bonds is 6. The van der Waals surface area contributed by atoms with Crippen LogP contribution in [0, 0.1) is 6.92 Å². The largest absolute Gasteiger partial charge is 0.482 e. The zero-order valence-corrected chi connectivity index (χ0v) is 17.2. The number of carbonyl (C=O) groups excluding carboxylic acids is 1. The molecule has 8 heteroatoms. The van der Waals surface area contributed by atoms with Crippen LogP contribution in [-0.4, -0.2) is 38.3 Å². The third-order valence-corrected chi connectivity index (χ3v) is 6.72. The van der Waals surface area contributed by atoms with Gasteiger partial charge in [-0.3, -0.25) is 4.79 Å². The normalized spacial score (nSPS) is 15.2. The Hall–Kier alpha value is -2.09. The van der Waals surface area contributed by atoms with Gasteiger partial charge in [0, 0.05) is 18.8 Å². The van der Waals surface area contributed by atoms with Crippen molar-refractivity contribution in [2.45, 2.75) is 31.1 Å². The van der Waals surface area contributed by atoms with E-state index < -0.39 is 15.9 Å². The van der Waals surface area contributed by atoms with Gasteiger partial charge in [0.1, 0.15) is 5.75 Å². The number of benzene rings is 2. The lowest BCUT2D eigenvalue weighted by Gasteiger charge is -2.26. The van der Waals surface area contributed by atoms with Crippen LogP contribution in [0.5, 0.6) is 5.75 Å². The summed E-state index contributed by atoms with van der Waals surface area (Å²) in [5.41, 5.74) is 1.37. The first-order valence-corrected chi connectivity index (χ1v) is 11.0. The molecule has 0 unspecified atom stereocenters. The maximum Gasteiger partial charge on any atom is 0.262 e. The van der Waals surface area contributed by atoms with E-state index in [9.17, 15) is 13.2 Å². The van der Waals surface area contributed by atoms with Crippen molar-refractivity contribution in [3.63, 3.8) is 0 Å². The molecule has 2 aromatic carbocycles. The summed E-state index contributed by atoms with van der Waals surface area (Å²) in [6.45, 7) is 2.73. The number of sulfonamides is 1. The Kier molecular flexibility index (Phi) is 6.59. The highest BCUT2D eigenvalue weighted by Crippen LogP contribution is 2.25. The van der Waals surface area contributed by atoms with Gasteiger partial charge in [0.05, 0.1) is 9.92 Å².